The topological polar surface area (TPSA) is 21.7 Å². The summed E-state index contributed by atoms with van der Waals surface area (Å²) in [7, 11) is 0. The van der Waals surface area contributed by atoms with Crippen molar-refractivity contribution in [2.24, 2.45) is 0 Å². The van der Waals surface area contributed by atoms with Gasteiger partial charge in [-0.2, -0.15) is 0 Å². The molecule has 0 saturated carbocycles. The number of benzene rings is 12. The van der Waals surface area contributed by atoms with Gasteiger partial charge in [0.15, 0.2) is 0 Å². The van der Waals surface area contributed by atoms with Gasteiger partial charge in [-0.05, 0) is 143 Å². The van der Waals surface area contributed by atoms with E-state index in [1.165, 1.54) is 66.8 Å². The molecule has 0 bridgehead atoms. The maximum Gasteiger partial charge on any atom is 0.132 e. The van der Waals surface area contributed by atoms with Gasteiger partial charge in [-0.15, -0.1) is 0 Å². The SMILES string of the molecule is CC(C)(C)c1ccc2c(c1)C1(c3ccccc3Oc3ccc(N(c4ccccc4-c4ccc(-c5ccccc5)cc4)c4ccccc4-c4ccc5c(c4)C4(c6ccccc6Oc6ccccc64)c4ccccc4-5)cc31)c1cc(C(C)(C)C)ccc1-2. The van der Waals surface area contributed by atoms with Crippen molar-refractivity contribution >= 4 is 17.1 Å². The van der Waals surface area contributed by atoms with Gasteiger partial charge >= 0.3 is 0 Å². The molecule has 12 aromatic carbocycles. The number of fused-ring (bicyclic) bond motifs is 18. The fourth-order valence-corrected chi connectivity index (χ4v) is 14.7. The summed E-state index contributed by atoms with van der Waals surface area (Å²) in [4.78, 5) is 2.52. The molecule has 4 aliphatic rings. The van der Waals surface area contributed by atoms with E-state index in [2.05, 4.69) is 319 Å². The Morgan fingerprint density at radius 3 is 1.18 bits per heavy atom. The number of rotatable bonds is 6. The molecule has 85 heavy (non-hydrogen) atoms. The summed E-state index contributed by atoms with van der Waals surface area (Å²) in [6.45, 7) is 14.0. The van der Waals surface area contributed by atoms with Gasteiger partial charge in [-0.3, -0.25) is 0 Å². The molecule has 0 N–H and O–H groups in total. The second-order valence-corrected chi connectivity index (χ2v) is 25.5. The molecular weight excluding hydrogens is 1030 g/mol. The molecule has 16 rings (SSSR count). The second kappa shape index (κ2) is 18.8. The van der Waals surface area contributed by atoms with Crippen LogP contribution in [0.3, 0.4) is 0 Å². The zero-order chi connectivity index (χ0) is 57.4. The Hall–Kier alpha value is -9.96. The lowest BCUT2D eigenvalue weighted by atomic mass is 9.65. The summed E-state index contributed by atoms with van der Waals surface area (Å²) in [5, 5.41) is 0. The fraction of sp³-hybridized carbons (Fsp3) is 0.122. The fourth-order valence-electron chi connectivity index (χ4n) is 14.7. The van der Waals surface area contributed by atoms with Crippen molar-refractivity contribution in [3.05, 3.63) is 329 Å². The van der Waals surface area contributed by atoms with Crippen LogP contribution in [0, 0.1) is 0 Å². The van der Waals surface area contributed by atoms with E-state index in [1.807, 2.05) is 0 Å². The van der Waals surface area contributed by atoms with E-state index >= 15 is 0 Å². The first-order chi connectivity index (χ1) is 41.4. The highest BCUT2D eigenvalue weighted by molar-refractivity contribution is 5.97. The monoisotopic (exact) mass is 1090 g/mol. The number of para-hydroxylation sites is 5. The van der Waals surface area contributed by atoms with Crippen molar-refractivity contribution in [3.8, 4) is 78.6 Å². The third-order valence-corrected chi connectivity index (χ3v) is 18.8. The molecule has 0 atom stereocenters. The summed E-state index contributed by atoms with van der Waals surface area (Å²) in [6, 6.07) is 101. The van der Waals surface area contributed by atoms with Crippen molar-refractivity contribution in [1.29, 1.82) is 0 Å². The van der Waals surface area contributed by atoms with Crippen LogP contribution in [0.1, 0.15) is 97.2 Å². The lowest BCUT2D eigenvalue weighted by Crippen LogP contribution is -2.33. The van der Waals surface area contributed by atoms with Crippen molar-refractivity contribution < 1.29 is 9.47 Å². The number of anilines is 3. The lowest BCUT2D eigenvalue weighted by molar-refractivity contribution is 0.436. The molecule has 408 valence electrons. The Morgan fingerprint density at radius 2 is 0.635 bits per heavy atom. The van der Waals surface area contributed by atoms with Crippen LogP contribution in [0.4, 0.5) is 17.1 Å². The summed E-state index contributed by atoms with van der Waals surface area (Å²) in [6.07, 6.45) is 0. The minimum absolute atomic E-state index is 0.0992. The molecule has 3 heteroatoms. The summed E-state index contributed by atoms with van der Waals surface area (Å²) >= 11 is 0. The van der Waals surface area contributed by atoms with Crippen LogP contribution in [-0.4, -0.2) is 0 Å². The molecule has 12 aromatic rings. The number of nitrogens with zero attached hydrogens (tertiary/aromatic N) is 1. The minimum atomic E-state index is -0.731. The molecule has 2 aliphatic carbocycles. The normalized spacial score (nSPS) is 14.1. The van der Waals surface area contributed by atoms with E-state index in [4.69, 9.17) is 9.47 Å². The van der Waals surface area contributed by atoms with Crippen molar-refractivity contribution in [2.75, 3.05) is 4.90 Å². The smallest absolute Gasteiger partial charge is 0.132 e. The van der Waals surface area contributed by atoms with Gasteiger partial charge in [-0.25, -0.2) is 0 Å². The van der Waals surface area contributed by atoms with Crippen LogP contribution >= 0.6 is 0 Å². The van der Waals surface area contributed by atoms with Crippen LogP contribution in [0.2, 0.25) is 0 Å². The van der Waals surface area contributed by atoms with Crippen molar-refractivity contribution in [1.82, 2.24) is 0 Å². The molecule has 0 amide bonds. The molecule has 3 nitrogen and oxygen atoms in total. The average Bonchev–Trinajstić information content (AvgIpc) is 1.60. The molecule has 0 aromatic heterocycles. The molecule has 2 aliphatic heterocycles. The molecule has 0 fully saturated rings. The highest BCUT2D eigenvalue weighted by atomic mass is 16.5. The van der Waals surface area contributed by atoms with Gasteiger partial charge in [0.2, 0.25) is 0 Å². The minimum Gasteiger partial charge on any atom is -0.457 e. The first-order valence-electron chi connectivity index (χ1n) is 29.9. The molecular formula is C82H63NO2. The Labute approximate surface area is 499 Å². The van der Waals surface area contributed by atoms with Gasteiger partial charge in [-0.1, -0.05) is 260 Å². The van der Waals surface area contributed by atoms with Crippen LogP contribution in [0.15, 0.2) is 273 Å². The molecule has 0 radical (unpaired) electrons. The highest BCUT2D eigenvalue weighted by Crippen LogP contribution is 2.65. The standard InChI is InChI=1S/C82H63NO2/c1-79(2,3)56-41-45-63-64-46-42-57(80(4,5)6)50-71(64)82(70(63)49-56)68-30-16-21-35-77(68)85-78-47-43-58(51-72(78)82)83(73-31-17-11-24-59(73)54-38-36-53(37-39-54)52-22-8-7-9-23-52)74-32-18-12-25-60(74)55-40-44-62-61-26-10-13-27-65(61)81(69(62)48-55)66-28-14-19-33-75(66)84-76-34-20-15-29-67(76)81/h7-51H,1-6H3. The van der Waals surface area contributed by atoms with E-state index in [0.29, 0.717) is 0 Å². The average molecular weight is 1090 g/mol. The third kappa shape index (κ3) is 7.52. The van der Waals surface area contributed by atoms with Gasteiger partial charge in [0.05, 0.1) is 22.2 Å². The van der Waals surface area contributed by atoms with E-state index in [9.17, 15) is 0 Å². The molecule has 0 saturated heterocycles. The third-order valence-electron chi connectivity index (χ3n) is 18.8. The maximum absolute atomic E-state index is 7.22. The Kier molecular flexibility index (Phi) is 11.2. The predicted molar refractivity (Wildman–Crippen MR) is 350 cm³/mol. The summed E-state index contributed by atoms with van der Waals surface area (Å²) in [5.41, 5.74) is 25.6. The largest absolute Gasteiger partial charge is 0.457 e. The van der Waals surface area contributed by atoms with Crippen molar-refractivity contribution in [2.45, 2.75) is 63.2 Å². The van der Waals surface area contributed by atoms with E-state index < -0.39 is 10.8 Å². The van der Waals surface area contributed by atoms with Gasteiger partial charge < -0.3 is 14.4 Å². The second-order valence-electron chi connectivity index (χ2n) is 25.5. The van der Waals surface area contributed by atoms with Crippen LogP contribution in [0.5, 0.6) is 23.0 Å². The zero-order valence-corrected chi connectivity index (χ0v) is 48.7. The summed E-state index contributed by atoms with van der Waals surface area (Å²) in [5.74, 6) is 3.48. The number of hydrogen-bond acceptors (Lipinski definition) is 3. The number of hydrogen-bond donors (Lipinski definition) is 0. The predicted octanol–water partition coefficient (Wildman–Crippen LogP) is 21.7. The Balaban J connectivity index is 0.964. The van der Waals surface area contributed by atoms with Gasteiger partial charge in [0.25, 0.3) is 0 Å². The van der Waals surface area contributed by atoms with Crippen molar-refractivity contribution in [3.63, 3.8) is 0 Å². The van der Waals surface area contributed by atoms with E-state index in [-0.39, 0.29) is 10.8 Å². The molecule has 2 heterocycles. The van der Waals surface area contributed by atoms with Gasteiger partial charge in [0, 0.05) is 39.1 Å². The van der Waals surface area contributed by atoms with E-state index in [1.54, 1.807) is 0 Å². The summed E-state index contributed by atoms with van der Waals surface area (Å²) < 4.78 is 14.0. The first-order valence-corrected chi connectivity index (χ1v) is 29.9. The van der Waals surface area contributed by atoms with Gasteiger partial charge in [0.1, 0.15) is 23.0 Å². The van der Waals surface area contributed by atoms with Crippen LogP contribution < -0.4 is 14.4 Å². The zero-order valence-electron chi connectivity index (χ0n) is 48.7. The van der Waals surface area contributed by atoms with Crippen LogP contribution in [0.25, 0.3) is 55.6 Å². The Morgan fingerprint density at radius 1 is 0.259 bits per heavy atom. The maximum atomic E-state index is 7.22. The highest BCUT2D eigenvalue weighted by Gasteiger charge is 2.53. The quantitative estimate of drug-likeness (QED) is 0.166. The molecule has 0 unspecified atom stereocenters. The molecule has 2 spiro atoms. The Bertz CT molecular complexity index is 4580. The first kappa shape index (κ1) is 50.7. The number of ether oxygens (including phenoxy) is 2. The van der Waals surface area contributed by atoms with E-state index in [0.717, 1.165) is 84.6 Å². The lowest BCUT2D eigenvalue weighted by Gasteiger charge is -2.41. The van der Waals surface area contributed by atoms with Crippen LogP contribution in [-0.2, 0) is 21.7 Å².